The van der Waals surface area contributed by atoms with Crippen LogP contribution in [-0.4, -0.2) is 11.2 Å². The minimum absolute atomic E-state index is 0.739. The van der Waals surface area contributed by atoms with Gasteiger partial charge in [-0.05, 0) is 30.4 Å². The fourth-order valence-electron chi connectivity index (χ4n) is 1.26. The number of benzene rings is 1. The summed E-state index contributed by atoms with van der Waals surface area (Å²) in [5.41, 5.74) is 3.14. The lowest BCUT2D eigenvalue weighted by Crippen LogP contribution is -1.78. The van der Waals surface area contributed by atoms with Gasteiger partial charge in [0, 0.05) is 0 Å². The van der Waals surface area contributed by atoms with Gasteiger partial charge in [0.2, 0.25) is 0 Å². The van der Waals surface area contributed by atoms with Gasteiger partial charge in [0.25, 0.3) is 5.22 Å². The smallest absolute Gasteiger partial charge is 0.256 e. The van der Waals surface area contributed by atoms with Crippen molar-refractivity contribution < 1.29 is 4.42 Å². The summed E-state index contributed by atoms with van der Waals surface area (Å²) in [6.07, 6.45) is 3.00. The van der Waals surface area contributed by atoms with Crippen LogP contribution in [0.25, 0.3) is 11.1 Å². The molecule has 0 spiro atoms. The van der Waals surface area contributed by atoms with E-state index in [4.69, 9.17) is 4.42 Å². The number of rotatable bonds is 2. The van der Waals surface area contributed by atoms with Crippen LogP contribution < -0.4 is 0 Å². The zero-order valence-corrected chi connectivity index (χ0v) is 8.52. The minimum atomic E-state index is 0.739. The Morgan fingerprint density at radius 3 is 3.00 bits per heavy atom. The van der Waals surface area contributed by atoms with Gasteiger partial charge in [-0.2, -0.15) is 0 Å². The molecule has 0 aliphatic heterocycles. The number of hydrogen-bond acceptors (Lipinski definition) is 3. The van der Waals surface area contributed by atoms with E-state index in [1.54, 1.807) is 0 Å². The van der Waals surface area contributed by atoms with Gasteiger partial charge in [0.1, 0.15) is 5.52 Å². The molecule has 0 unspecified atom stereocenters. The Morgan fingerprint density at radius 1 is 1.46 bits per heavy atom. The molecule has 68 valence electrons. The molecule has 0 amide bonds. The lowest BCUT2D eigenvalue weighted by molar-refractivity contribution is 0.490. The third-order valence-corrected chi connectivity index (χ3v) is 2.54. The average molecular weight is 193 g/mol. The average Bonchev–Trinajstić information content (AvgIpc) is 2.58. The molecule has 0 atom stereocenters. The maximum absolute atomic E-state index is 5.47. The lowest BCUT2D eigenvalue weighted by atomic mass is 10.1. The Balaban J connectivity index is 2.57. The maximum atomic E-state index is 5.47. The quantitative estimate of drug-likeness (QED) is 0.685. The first-order valence-corrected chi connectivity index (χ1v) is 5.49. The van der Waals surface area contributed by atoms with E-state index >= 15 is 0 Å². The summed E-state index contributed by atoms with van der Waals surface area (Å²) >= 11 is 1.53. The predicted octanol–water partition coefficient (Wildman–Crippen LogP) is 3.11. The number of hydrogen-bond donors (Lipinski definition) is 0. The number of oxazole rings is 1. The van der Waals surface area contributed by atoms with E-state index in [0.29, 0.717) is 0 Å². The van der Waals surface area contributed by atoms with Crippen molar-refractivity contribution in [1.29, 1.82) is 0 Å². The van der Waals surface area contributed by atoms with Crippen LogP contribution in [0.4, 0.5) is 0 Å². The van der Waals surface area contributed by atoms with Crippen molar-refractivity contribution in [1.82, 2.24) is 4.98 Å². The topological polar surface area (TPSA) is 26.0 Å². The Labute approximate surface area is 81.3 Å². The standard InChI is InChI=1S/C10H11NOS/c1-3-7-4-5-9-8(6-7)11-10(12-9)13-2/h4-6H,3H2,1-2H3. The third-order valence-electron chi connectivity index (χ3n) is 2.02. The van der Waals surface area contributed by atoms with E-state index in [2.05, 4.69) is 24.0 Å². The largest absolute Gasteiger partial charge is 0.431 e. The number of fused-ring (bicyclic) bond motifs is 1. The second kappa shape index (κ2) is 3.42. The van der Waals surface area contributed by atoms with Crippen LogP contribution in [0, 0.1) is 0 Å². The van der Waals surface area contributed by atoms with E-state index in [1.165, 1.54) is 17.3 Å². The molecule has 2 aromatic rings. The predicted molar refractivity (Wildman–Crippen MR) is 55.2 cm³/mol. The van der Waals surface area contributed by atoms with Crippen molar-refractivity contribution in [3.63, 3.8) is 0 Å². The molecular formula is C10H11NOS. The first-order chi connectivity index (χ1) is 6.33. The van der Waals surface area contributed by atoms with Crippen molar-refractivity contribution in [3.05, 3.63) is 23.8 Å². The van der Waals surface area contributed by atoms with Gasteiger partial charge >= 0.3 is 0 Å². The molecule has 0 bridgehead atoms. The summed E-state index contributed by atoms with van der Waals surface area (Å²) in [4.78, 5) is 4.34. The van der Waals surface area contributed by atoms with Gasteiger partial charge in [-0.25, -0.2) is 4.98 Å². The fraction of sp³-hybridized carbons (Fsp3) is 0.300. The van der Waals surface area contributed by atoms with Crippen LogP contribution in [0.3, 0.4) is 0 Å². The molecule has 1 aromatic carbocycles. The lowest BCUT2D eigenvalue weighted by Gasteiger charge is -1.92. The SMILES string of the molecule is CCc1ccc2oc(SC)nc2c1. The second-order valence-electron chi connectivity index (χ2n) is 2.84. The number of aromatic nitrogens is 1. The molecule has 2 rings (SSSR count). The first-order valence-electron chi connectivity index (χ1n) is 4.27. The van der Waals surface area contributed by atoms with Crippen molar-refractivity contribution in [2.75, 3.05) is 6.26 Å². The summed E-state index contributed by atoms with van der Waals surface area (Å²) < 4.78 is 5.47. The highest BCUT2D eigenvalue weighted by Crippen LogP contribution is 2.22. The zero-order valence-electron chi connectivity index (χ0n) is 7.70. The molecule has 1 aromatic heterocycles. The minimum Gasteiger partial charge on any atom is -0.431 e. The molecule has 0 saturated carbocycles. The van der Waals surface area contributed by atoms with E-state index in [1.807, 2.05) is 12.3 Å². The van der Waals surface area contributed by atoms with Gasteiger partial charge in [0.15, 0.2) is 5.58 Å². The highest BCUT2D eigenvalue weighted by Gasteiger charge is 2.03. The van der Waals surface area contributed by atoms with Gasteiger partial charge in [-0.15, -0.1) is 0 Å². The summed E-state index contributed by atoms with van der Waals surface area (Å²) in [5, 5.41) is 0.739. The molecule has 0 saturated heterocycles. The number of nitrogens with zero attached hydrogens (tertiary/aromatic N) is 1. The summed E-state index contributed by atoms with van der Waals surface area (Å²) in [6, 6.07) is 6.15. The molecule has 13 heavy (non-hydrogen) atoms. The van der Waals surface area contributed by atoms with Crippen LogP contribution in [0.5, 0.6) is 0 Å². The Hall–Kier alpha value is -0.960. The highest BCUT2D eigenvalue weighted by molar-refractivity contribution is 7.98. The van der Waals surface area contributed by atoms with Crippen LogP contribution in [0.1, 0.15) is 12.5 Å². The number of aryl methyl sites for hydroxylation is 1. The highest BCUT2D eigenvalue weighted by atomic mass is 32.2. The molecule has 0 aliphatic carbocycles. The van der Waals surface area contributed by atoms with Gasteiger partial charge < -0.3 is 4.42 Å². The van der Waals surface area contributed by atoms with Crippen LogP contribution in [0.15, 0.2) is 27.8 Å². The Kier molecular flexibility index (Phi) is 2.27. The first kappa shape index (κ1) is 8.63. The molecule has 0 fully saturated rings. The maximum Gasteiger partial charge on any atom is 0.256 e. The van der Waals surface area contributed by atoms with Gasteiger partial charge in [-0.3, -0.25) is 0 Å². The Morgan fingerprint density at radius 2 is 2.31 bits per heavy atom. The molecule has 0 N–H and O–H groups in total. The van der Waals surface area contributed by atoms with Crippen molar-refractivity contribution >= 4 is 22.9 Å². The van der Waals surface area contributed by atoms with Crippen LogP contribution >= 0.6 is 11.8 Å². The van der Waals surface area contributed by atoms with Gasteiger partial charge in [0.05, 0.1) is 0 Å². The van der Waals surface area contributed by atoms with Crippen molar-refractivity contribution in [3.8, 4) is 0 Å². The van der Waals surface area contributed by atoms with E-state index < -0.39 is 0 Å². The molecule has 0 aliphatic rings. The zero-order chi connectivity index (χ0) is 9.26. The summed E-state index contributed by atoms with van der Waals surface area (Å²) in [7, 11) is 0. The third kappa shape index (κ3) is 1.56. The van der Waals surface area contributed by atoms with E-state index in [9.17, 15) is 0 Å². The molecule has 3 heteroatoms. The summed E-state index contributed by atoms with van der Waals surface area (Å²) in [5.74, 6) is 0. The fourth-order valence-corrected chi connectivity index (χ4v) is 1.62. The van der Waals surface area contributed by atoms with Crippen molar-refractivity contribution in [2.24, 2.45) is 0 Å². The molecule has 0 radical (unpaired) electrons. The van der Waals surface area contributed by atoms with Gasteiger partial charge in [-0.1, -0.05) is 24.8 Å². The second-order valence-corrected chi connectivity index (χ2v) is 3.60. The number of thioether (sulfide) groups is 1. The van der Waals surface area contributed by atoms with E-state index in [-0.39, 0.29) is 0 Å². The molecule has 2 nitrogen and oxygen atoms in total. The molecular weight excluding hydrogens is 182 g/mol. The van der Waals surface area contributed by atoms with Crippen LogP contribution in [0.2, 0.25) is 0 Å². The van der Waals surface area contributed by atoms with Crippen molar-refractivity contribution in [2.45, 2.75) is 18.6 Å². The molecule has 1 heterocycles. The Bertz CT molecular complexity index is 420. The monoisotopic (exact) mass is 193 g/mol. The normalized spacial score (nSPS) is 10.9. The van der Waals surface area contributed by atoms with Crippen LogP contribution in [-0.2, 0) is 6.42 Å². The van der Waals surface area contributed by atoms with E-state index in [0.717, 1.165) is 22.7 Å². The summed E-state index contributed by atoms with van der Waals surface area (Å²) in [6.45, 7) is 2.14.